The van der Waals surface area contributed by atoms with Gasteiger partial charge in [0.2, 0.25) is 11.8 Å². The lowest BCUT2D eigenvalue weighted by Gasteiger charge is -2.27. The van der Waals surface area contributed by atoms with Crippen LogP contribution in [0.2, 0.25) is 0 Å². The number of rotatable bonds is 6. The van der Waals surface area contributed by atoms with E-state index in [1.165, 1.54) is 0 Å². The van der Waals surface area contributed by atoms with Crippen LogP contribution in [0.4, 0.5) is 0 Å². The molecule has 0 unspecified atom stereocenters. The Balaban J connectivity index is 1.72. The Bertz CT molecular complexity index is 482. The van der Waals surface area contributed by atoms with Gasteiger partial charge in [0.25, 0.3) is 0 Å². The van der Waals surface area contributed by atoms with Crippen LogP contribution in [-0.4, -0.2) is 23.3 Å². The van der Waals surface area contributed by atoms with Crippen molar-refractivity contribution in [2.75, 3.05) is 6.54 Å². The molecule has 0 saturated heterocycles. The quantitative estimate of drug-likeness (QED) is 0.844. The topological polar surface area (TPSA) is 71.1 Å². The monoisotopic (exact) mass is 303 g/mol. The van der Waals surface area contributed by atoms with Gasteiger partial charge >= 0.3 is 0 Å². The van der Waals surface area contributed by atoms with Gasteiger partial charge in [0, 0.05) is 37.3 Å². The lowest BCUT2D eigenvalue weighted by atomic mass is 9.81. The van der Waals surface area contributed by atoms with Gasteiger partial charge in [0.15, 0.2) is 0 Å². The number of carbonyl (C=O) groups is 2. The molecule has 120 valence electrons. The van der Waals surface area contributed by atoms with Crippen LogP contribution in [0.25, 0.3) is 0 Å². The normalized spacial score (nSPS) is 21.1. The molecular weight excluding hydrogens is 278 g/mol. The Morgan fingerprint density at radius 2 is 1.77 bits per heavy atom. The Labute approximate surface area is 131 Å². The van der Waals surface area contributed by atoms with E-state index in [0.717, 1.165) is 44.2 Å². The minimum absolute atomic E-state index is 0.0342. The molecule has 1 saturated carbocycles. The first-order chi connectivity index (χ1) is 10.7. The summed E-state index contributed by atoms with van der Waals surface area (Å²) < 4.78 is 0. The second-order valence-corrected chi connectivity index (χ2v) is 5.92. The predicted molar refractivity (Wildman–Crippen MR) is 84.8 cm³/mol. The zero-order valence-corrected chi connectivity index (χ0v) is 13.2. The largest absolute Gasteiger partial charge is 0.356 e. The summed E-state index contributed by atoms with van der Waals surface area (Å²) in [5.74, 6) is 0.355. The van der Waals surface area contributed by atoms with Crippen LogP contribution in [0.1, 0.15) is 44.6 Å². The Hall–Kier alpha value is -1.91. The fraction of sp³-hybridized carbons (Fsp3) is 0.588. The number of carbonyl (C=O) groups excluding carboxylic acids is 2. The zero-order chi connectivity index (χ0) is 15.8. The van der Waals surface area contributed by atoms with Crippen molar-refractivity contribution in [1.82, 2.24) is 15.6 Å². The highest BCUT2D eigenvalue weighted by atomic mass is 16.2. The van der Waals surface area contributed by atoms with Crippen molar-refractivity contribution in [3.8, 4) is 0 Å². The van der Waals surface area contributed by atoms with E-state index < -0.39 is 0 Å². The second-order valence-electron chi connectivity index (χ2n) is 5.92. The number of hydrogen-bond donors (Lipinski definition) is 2. The number of nitrogens with one attached hydrogen (secondary N) is 2. The van der Waals surface area contributed by atoms with Gasteiger partial charge in [0.1, 0.15) is 0 Å². The molecule has 1 aliphatic rings. The first kappa shape index (κ1) is 16.5. The van der Waals surface area contributed by atoms with Crippen LogP contribution >= 0.6 is 0 Å². The van der Waals surface area contributed by atoms with Gasteiger partial charge < -0.3 is 10.6 Å². The molecule has 0 aliphatic heterocycles. The van der Waals surface area contributed by atoms with Gasteiger partial charge in [-0.1, -0.05) is 13.0 Å². The van der Waals surface area contributed by atoms with E-state index in [1.54, 1.807) is 12.4 Å². The van der Waals surface area contributed by atoms with Crippen LogP contribution < -0.4 is 10.6 Å². The third-order valence-corrected chi connectivity index (χ3v) is 4.21. The molecular formula is C17H25N3O2. The maximum atomic E-state index is 12.2. The van der Waals surface area contributed by atoms with Crippen molar-refractivity contribution < 1.29 is 9.59 Å². The third-order valence-electron chi connectivity index (χ3n) is 4.21. The molecule has 1 aromatic heterocycles. The van der Waals surface area contributed by atoms with Gasteiger partial charge in [0.05, 0.1) is 0 Å². The molecule has 2 rings (SSSR count). The number of hydrogen-bond acceptors (Lipinski definition) is 3. The molecule has 1 fully saturated rings. The Morgan fingerprint density at radius 3 is 2.32 bits per heavy atom. The molecule has 1 aromatic rings. The van der Waals surface area contributed by atoms with Crippen LogP contribution in [0.3, 0.4) is 0 Å². The van der Waals surface area contributed by atoms with Crippen molar-refractivity contribution in [2.24, 2.45) is 11.8 Å². The van der Waals surface area contributed by atoms with Crippen molar-refractivity contribution >= 4 is 11.8 Å². The van der Waals surface area contributed by atoms with Gasteiger partial charge in [-0.3, -0.25) is 14.6 Å². The maximum Gasteiger partial charge on any atom is 0.223 e. The first-order valence-electron chi connectivity index (χ1n) is 8.15. The fourth-order valence-corrected chi connectivity index (χ4v) is 2.85. The molecule has 0 bridgehead atoms. The summed E-state index contributed by atoms with van der Waals surface area (Å²) in [6.07, 6.45) is 7.64. The average Bonchev–Trinajstić information content (AvgIpc) is 2.58. The van der Waals surface area contributed by atoms with Crippen molar-refractivity contribution in [1.29, 1.82) is 0 Å². The Morgan fingerprint density at radius 1 is 1.14 bits per heavy atom. The standard InChI is InChI=1S/C17H25N3O2/c1-2-9-19-16(21)14-5-7-15(8-6-14)17(22)20-12-13-4-3-10-18-11-13/h3-4,10-11,14-15H,2,5-9,12H2,1H3,(H,19,21)(H,20,22). The summed E-state index contributed by atoms with van der Waals surface area (Å²) in [5.41, 5.74) is 1.00. The van der Waals surface area contributed by atoms with Gasteiger partial charge in [-0.2, -0.15) is 0 Å². The summed E-state index contributed by atoms with van der Waals surface area (Å²) in [6, 6.07) is 3.81. The van der Waals surface area contributed by atoms with Crippen LogP contribution in [0.15, 0.2) is 24.5 Å². The third kappa shape index (κ3) is 4.83. The highest BCUT2D eigenvalue weighted by molar-refractivity contribution is 5.81. The number of aromatic nitrogens is 1. The molecule has 0 radical (unpaired) electrons. The molecule has 5 heteroatoms. The van der Waals surface area contributed by atoms with Crippen LogP contribution in [0, 0.1) is 11.8 Å². The van der Waals surface area contributed by atoms with Gasteiger partial charge in [-0.25, -0.2) is 0 Å². The molecule has 22 heavy (non-hydrogen) atoms. The fourth-order valence-electron chi connectivity index (χ4n) is 2.85. The summed E-state index contributed by atoms with van der Waals surface area (Å²) in [4.78, 5) is 28.1. The van der Waals surface area contributed by atoms with E-state index in [0.29, 0.717) is 6.54 Å². The predicted octanol–water partition coefficient (Wildman–Crippen LogP) is 2.03. The van der Waals surface area contributed by atoms with E-state index in [1.807, 2.05) is 19.1 Å². The van der Waals surface area contributed by atoms with E-state index >= 15 is 0 Å². The van der Waals surface area contributed by atoms with Gasteiger partial charge in [-0.15, -0.1) is 0 Å². The summed E-state index contributed by atoms with van der Waals surface area (Å²) >= 11 is 0. The zero-order valence-electron chi connectivity index (χ0n) is 13.2. The van der Waals surface area contributed by atoms with E-state index in [2.05, 4.69) is 15.6 Å². The van der Waals surface area contributed by atoms with Gasteiger partial charge in [-0.05, 0) is 43.7 Å². The van der Waals surface area contributed by atoms with E-state index in [-0.39, 0.29) is 23.7 Å². The number of pyridine rings is 1. The molecule has 1 heterocycles. The van der Waals surface area contributed by atoms with Crippen molar-refractivity contribution in [3.63, 3.8) is 0 Å². The van der Waals surface area contributed by atoms with Crippen LogP contribution in [0.5, 0.6) is 0 Å². The number of nitrogens with zero attached hydrogens (tertiary/aromatic N) is 1. The highest BCUT2D eigenvalue weighted by Gasteiger charge is 2.29. The highest BCUT2D eigenvalue weighted by Crippen LogP contribution is 2.29. The lowest BCUT2D eigenvalue weighted by molar-refractivity contribution is -0.130. The van der Waals surface area contributed by atoms with Crippen LogP contribution in [-0.2, 0) is 16.1 Å². The summed E-state index contributed by atoms with van der Waals surface area (Å²) in [7, 11) is 0. The SMILES string of the molecule is CCCNC(=O)C1CCC(C(=O)NCc2cccnc2)CC1. The molecule has 2 amide bonds. The first-order valence-corrected chi connectivity index (χ1v) is 8.15. The Kier molecular flexibility index (Phi) is 6.37. The van der Waals surface area contributed by atoms with E-state index in [4.69, 9.17) is 0 Å². The molecule has 1 aliphatic carbocycles. The molecule has 2 N–H and O–H groups in total. The minimum Gasteiger partial charge on any atom is -0.356 e. The lowest BCUT2D eigenvalue weighted by Crippen LogP contribution is -2.37. The molecule has 0 spiro atoms. The van der Waals surface area contributed by atoms with Crippen molar-refractivity contribution in [3.05, 3.63) is 30.1 Å². The van der Waals surface area contributed by atoms with E-state index in [9.17, 15) is 9.59 Å². The molecule has 0 aromatic carbocycles. The average molecular weight is 303 g/mol. The molecule has 5 nitrogen and oxygen atoms in total. The van der Waals surface area contributed by atoms with Crippen molar-refractivity contribution in [2.45, 2.75) is 45.6 Å². The number of amides is 2. The maximum absolute atomic E-state index is 12.2. The second kappa shape index (κ2) is 8.51. The molecule has 0 atom stereocenters. The summed E-state index contributed by atoms with van der Waals surface area (Å²) in [5, 5.41) is 5.91. The smallest absolute Gasteiger partial charge is 0.223 e. The summed E-state index contributed by atoms with van der Waals surface area (Å²) in [6.45, 7) is 3.30. The minimum atomic E-state index is 0.0342.